The SMILES string of the molecule is O=C(Nc1nc(C(F)(F)F)c(S(=O)(=O)Cc2ccccc2Cl)s1)c1ccccn1. The van der Waals surface area contributed by atoms with Crippen LogP contribution >= 0.6 is 22.9 Å². The van der Waals surface area contributed by atoms with Crippen molar-refractivity contribution in [3.05, 3.63) is 70.6 Å². The Bertz CT molecular complexity index is 1150. The highest BCUT2D eigenvalue weighted by Gasteiger charge is 2.42. The Morgan fingerprint density at radius 1 is 1.14 bits per heavy atom. The first-order valence-electron chi connectivity index (χ1n) is 7.84. The maximum Gasteiger partial charge on any atom is 0.435 e. The number of benzene rings is 1. The predicted octanol–water partition coefficient (Wildman–Crippen LogP) is 4.44. The lowest BCUT2D eigenvalue weighted by atomic mass is 10.2. The second-order valence-electron chi connectivity index (χ2n) is 5.67. The summed E-state index contributed by atoms with van der Waals surface area (Å²) >= 11 is 6.15. The molecule has 3 rings (SSSR count). The molecule has 29 heavy (non-hydrogen) atoms. The molecule has 6 nitrogen and oxygen atoms in total. The molecule has 1 amide bonds. The monoisotopic (exact) mass is 461 g/mol. The second kappa shape index (κ2) is 8.09. The van der Waals surface area contributed by atoms with Gasteiger partial charge in [-0.25, -0.2) is 13.4 Å². The molecule has 0 aliphatic rings. The lowest BCUT2D eigenvalue weighted by molar-refractivity contribution is -0.142. The minimum atomic E-state index is -5.03. The third kappa shape index (κ3) is 4.92. The summed E-state index contributed by atoms with van der Waals surface area (Å²) in [5.41, 5.74) is -1.50. The molecule has 0 saturated heterocycles. The van der Waals surface area contributed by atoms with Crippen LogP contribution in [0.1, 0.15) is 21.7 Å². The number of carbonyl (C=O) groups excluding carboxylic acids is 1. The average molecular weight is 462 g/mol. The second-order valence-corrected chi connectivity index (χ2v) is 9.26. The molecular formula is C17H11ClF3N3O3S2. The van der Waals surface area contributed by atoms with Gasteiger partial charge in [0.2, 0.25) is 0 Å². The number of thiazole rings is 1. The van der Waals surface area contributed by atoms with E-state index >= 15 is 0 Å². The van der Waals surface area contributed by atoms with Gasteiger partial charge in [0.25, 0.3) is 5.91 Å². The molecule has 0 atom stereocenters. The minimum Gasteiger partial charge on any atom is -0.296 e. The minimum absolute atomic E-state index is 0.0586. The van der Waals surface area contributed by atoms with E-state index in [-0.39, 0.29) is 27.6 Å². The summed E-state index contributed by atoms with van der Waals surface area (Å²) in [5.74, 6) is -1.56. The summed E-state index contributed by atoms with van der Waals surface area (Å²) in [6.45, 7) is 0. The van der Waals surface area contributed by atoms with E-state index in [9.17, 15) is 26.4 Å². The molecule has 0 saturated carbocycles. The van der Waals surface area contributed by atoms with Crippen molar-refractivity contribution in [1.29, 1.82) is 0 Å². The number of nitrogens with zero attached hydrogens (tertiary/aromatic N) is 2. The number of alkyl halides is 3. The topological polar surface area (TPSA) is 89.0 Å². The summed E-state index contributed by atoms with van der Waals surface area (Å²) in [7, 11) is -4.44. The summed E-state index contributed by atoms with van der Waals surface area (Å²) in [5, 5.41) is 1.75. The van der Waals surface area contributed by atoms with Gasteiger partial charge in [-0.05, 0) is 23.8 Å². The molecule has 2 aromatic heterocycles. The van der Waals surface area contributed by atoms with E-state index in [0.717, 1.165) is 0 Å². The first-order chi connectivity index (χ1) is 13.6. The van der Waals surface area contributed by atoms with Crippen molar-refractivity contribution in [2.45, 2.75) is 16.1 Å². The Labute approximate surface area is 172 Å². The quantitative estimate of drug-likeness (QED) is 0.607. The molecule has 0 bridgehead atoms. The molecule has 0 aliphatic heterocycles. The number of carbonyl (C=O) groups is 1. The zero-order chi connectivity index (χ0) is 21.2. The van der Waals surface area contributed by atoms with Gasteiger partial charge < -0.3 is 0 Å². The number of nitrogens with one attached hydrogen (secondary N) is 1. The van der Waals surface area contributed by atoms with Crippen molar-refractivity contribution in [3.63, 3.8) is 0 Å². The molecular weight excluding hydrogens is 451 g/mol. The third-order valence-corrected chi connectivity index (χ3v) is 7.16. The van der Waals surface area contributed by atoms with E-state index in [1.165, 1.54) is 36.5 Å². The van der Waals surface area contributed by atoms with Crippen molar-refractivity contribution >= 4 is 43.8 Å². The summed E-state index contributed by atoms with van der Waals surface area (Å²) in [4.78, 5) is 19.2. The Kier molecular flexibility index (Phi) is 5.92. The fourth-order valence-electron chi connectivity index (χ4n) is 2.29. The number of hydrogen-bond donors (Lipinski definition) is 1. The van der Waals surface area contributed by atoms with Crippen LogP contribution in [0, 0.1) is 0 Å². The molecule has 1 aromatic carbocycles. The lowest BCUT2D eigenvalue weighted by Crippen LogP contribution is -2.15. The fraction of sp³-hybridized carbons (Fsp3) is 0.118. The number of anilines is 1. The zero-order valence-electron chi connectivity index (χ0n) is 14.3. The zero-order valence-corrected chi connectivity index (χ0v) is 16.7. The number of aromatic nitrogens is 2. The Balaban J connectivity index is 1.97. The van der Waals surface area contributed by atoms with E-state index in [4.69, 9.17) is 11.6 Å². The van der Waals surface area contributed by atoms with E-state index in [1.54, 1.807) is 12.1 Å². The Morgan fingerprint density at radius 3 is 2.45 bits per heavy atom. The van der Waals surface area contributed by atoms with Crippen LogP contribution in [-0.4, -0.2) is 24.3 Å². The molecule has 0 unspecified atom stereocenters. The van der Waals surface area contributed by atoms with Gasteiger partial charge in [-0.2, -0.15) is 13.2 Å². The van der Waals surface area contributed by atoms with Crippen LogP contribution in [0.3, 0.4) is 0 Å². The van der Waals surface area contributed by atoms with E-state index < -0.39 is 42.7 Å². The van der Waals surface area contributed by atoms with Crippen molar-refractivity contribution < 1.29 is 26.4 Å². The summed E-state index contributed by atoms with van der Waals surface area (Å²) < 4.78 is 64.6. The van der Waals surface area contributed by atoms with E-state index in [2.05, 4.69) is 15.3 Å². The van der Waals surface area contributed by atoms with E-state index in [1.807, 2.05) is 0 Å². The summed E-state index contributed by atoms with van der Waals surface area (Å²) in [6.07, 6.45) is -3.70. The number of rotatable bonds is 5. The number of halogens is 4. The molecule has 152 valence electrons. The standard InChI is InChI=1S/C17H11ClF3N3O3S2/c18-11-6-2-1-5-10(11)9-29(26,27)15-13(17(19,20)21)23-16(28-15)24-14(25)12-7-3-4-8-22-12/h1-8H,9H2,(H,23,24,25). The van der Waals surface area contributed by atoms with Crippen LogP contribution < -0.4 is 5.32 Å². The highest BCUT2D eigenvalue weighted by molar-refractivity contribution is 7.92. The highest BCUT2D eigenvalue weighted by atomic mass is 35.5. The first kappa shape index (κ1) is 21.2. The third-order valence-electron chi connectivity index (χ3n) is 3.57. The van der Waals surface area contributed by atoms with Crippen LogP contribution in [0.5, 0.6) is 0 Å². The fourth-order valence-corrected chi connectivity index (χ4v) is 5.46. The average Bonchev–Trinajstić information content (AvgIpc) is 3.09. The summed E-state index contributed by atoms with van der Waals surface area (Å²) in [6, 6.07) is 10.3. The molecule has 12 heteroatoms. The van der Waals surface area contributed by atoms with Crippen molar-refractivity contribution in [1.82, 2.24) is 9.97 Å². The largest absolute Gasteiger partial charge is 0.435 e. The predicted molar refractivity (Wildman–Crippen MR) is 102 cm³/mol. The van der Waals surface area contributed by atoms with E-state index in [0.29, 0.717) is 0 Å². The number of sulfone groups is 1. The molecule has 1 N–H and O–H groups in total. The van der Waals surface area contributed by atoms with Crippen molar-refractivity contribution in [2.75, 3.05) is 5.32 Å². The first-order valence-corrected chi connectivity index (χ1v) is 10.7. The van der Waals surface area contributed by atoms with Gasteiger partial charge in [0.1, 0.15) is 5.69 Å². The molecule has 0 aliphatic carbocycles. The van der Waals surface area contributed by atoms with Crippen LogP contribution in [-0.2, 0) is 21.8 Å². The van der Waals surface area contributed by atoms with Crippen LogP contribution in [0.2, 0.25) is 5.02 Å². The van der Waals surface area contributed by atoms with Crippen LogP contribution in [0.4, 0.5) is 18.3 Å². The maximum absolute atomic E-state index is 13.4. The van der Waals surface area contributed by atoms with Gasteiger partial charge in [-0.15, -0.1) is 0 Å². The van der Waals surface area contributed by atoms with Crippen LogP contribution in [0.25, 0.3) is 0 Å². The van der Waals surface area contributed by atoms with Gasteiger partial charge in [-0.1, -0.05) is 47.2 Å². The Morgan fingerprint density at radius 2 is 1.83 bits per heavy atom. The molecule has 0 radical (unpaired) electrons. The number of hydrogen-bond acceptors (Lipinski definition) is 6. The molecule has 2 heterocycles. The molecule has 0 spiro atoms. The smallest absolute Gasteiger partial charge is 0.296 e. The van der Waals surface area contributed by atoms with Gasteiger partial charge in [0, 0.05) is 11.2 Å². The van der Waals surface area contributed by atoms with Gasteiger partial charge >= 0.3 is 6.18 Å². The lowest BCUT2D eigenvalue weighted by Gasteiger charge is -2.08. The number of pyridine rings is 1. The number of amides is 1. The van der Waals surface area contributed by atoms with Crippen molar-refractivity contribution in [3.8, 4) is 0 Å². The van der Waals surface area contributed by atoms with Gasteiger partial charge in [0.05, 0.1) is 5.75 Å². The normalized spacial score (nSPS) is 12.0. The maximum atomic E-state index is 13.4. The van der Waals surface area contributed by atoms with Crippen molar-refractivity contribution in [2.24, 2.45) is 0 Å². The van der Waals surface area contributed by atoms with Gasteiger partial charge in [0.15, 0.2) is 24.9 Å². The van der Waals surface area contributed by atoms with Gasteiger partial charge in [-0.3, -0.25) is 15.1 Å². The van der Waals surface area contributed by atoms with Crippen LogP contribution in [0.15, 0.2) is 52.9 Å². The Hall–Kier alpha value is -2.50. The molecule has 0 fully saturated rings. The molecule has 3 aromatic rings. The highest BCUT2D eigenvalue weighted by Crippen LogP contribution is 2.40.